The van der Waals surface area contributed by atoms with Gasteiger partial charge in [0.2, 0.25) is 0 Å². The first-order valence-electron chi connectivity index (χ1n) is 5.59. The summed E-state index contributed by atoms with van der Waals surface area (Å²) in [6.07, 6.45) is 6.03. The highest BCUT2D eigenvalue weighted by Crippen LogP contribution is 2.34. The summed E-state index contributed by atoms with van der Waals surface area (Å²) >= 11 is 3.30. The molecule has 1 aromatic rings. The molecule has 1 aliphatic carbocycles. The monoisotopic (exact) mass is 282 g/mol. The Hall–Kier alpha value is -0.900. The molecule has 16 heavy (non-hydrogen) atoms. The van der Waals surface area contributed by atoms with Crippen LogP contribution in [0.15, 0.2) is 22.8 Å². The van der Waals surface area contributed by atoms with Gasteiger partial charge >= 0.3 is 0 Å². The molecule has 0 bridgehead atoms. The van der Waals surface area contributed by atoms with Crippen molar-refractivity contribution in [1.29, 1.82) is 0 Å². The van der Waals surface area contributed by atoms with E-state index in [-0.39, 0.29) is 11.4 Å². The van der Waals surface area contributed by atoms with E-state index in [9.17, 15) is 4.79 Å². The van der Waals surface area contributed by atoms with Crippen molar-refractivity contribution in [2.75, 3.05) is 0 Å². The molecule has 1 fully saturated rings. The van der Waals surface area contributed by atoms with Gasteiger partial charge < -0.3 is 5.32 Å². The molecule has 0 unspecified atom stereocenters. The Morgan fingerprint density at radius 2 is 2.31 bits per heavy atom. The standard InChI is InChI=1S/C12H15BrN2O/c1-2-12(6-3-7-12)15-11(16)10-5-4-9(13)8-14-10/h4-5,8H,2-3,6-7H2,1H3,(H,15,16). The lowest BCUT2D eigenvalue weighted by Gasteiger charge is -2.41. The number of rotatable bonds is 3. The van der Waals surface area contributed by atoms with E-state index < -0.39 is 0 Å². The van der Waals surface area contributed by atoms with Gasteiger partial charge in [-0.05, 0) is 53.7 Å². The summed E-state index contributed by atoms with van der Waals surface area (Å²) in [4.78, 5) is 16.0. The minimum absolute atomic E-state index is 0.0336. The highest BCUT2D eigenvalue weighted by molar-refractivity contribution is 9.10. The smallest absolute Gasteiger partial charge is 0.270 e. The highest BCUT2D eigenvalue weighted by atomic mass is 79.9. The molecule has 4 heteroatoms. The molecular formula is C12H15BrN2O. The maximum atomic E-state index is 11.9. The molecule has 1 heterocycles. The van der Waals surface area contributed by atoms with E-state index in [0.29, 0.717) is 5.69 Å². The molecule has 0 radical (unpaired) electrons. The summed E-state index contributed by atoms with van der Waals surface area (Å²) in [5, 5.41) is 3.10. The van der Waals surface area contributed by atoms with Gasteiger partial charge in [0, 0.05) is 16.2 Å². The first-order chi connectivity index (χ1) is 7.65. The van der Waals surface area contributed by atoms with Crippen LogP contribution in [0.25, 0.3) is 0 Å². The lowest BCUT2D eigenvalue weighted by Crippen LogP contribution is -2.53. The van der Waals surface area contributed by atoms with Gasteiger partial charge in [-0.15, -0.1) is 0 Å². The molecule has 0 aromatic carbocycles. The molecule has 1 aliphatic rings. The van der Waals surface area contributed by atoms with Crippen LogP contribution in [-0.4, -0.2) is 16.4 Å². The Morgan fingerprint density at radius 1 is 1.56 bits per heavy atom. The third kappa shape index (κ3) is 2.26. The van der Waals surface area contributed by atoms with Crippen LogP contribution in [0, 0.1) is 0 Å². The second kappa shape index (κ2) is 4.53. The molecule has 3 nitrogen and oxygen atoms in total. The zero-order chi connectivity index (χ0) is 11.6. The minimum Gasteiger partial charge on any atom is -0.345 e. The molecule has 0 atom stereocenters. The largest absolute Gasteiger partial charge is 0.345 e. The van der Waals surface area contributed by atoms with Gasteiger partial charge in [-0.3, -0.25) is 4.79 Å². The Morgan fingerprint density at radius 3 is 2.75 bits per heavy atom. The van der Waals surface area contributed by atoms with Gasteiger partial charge in [-0.1, -0.05) is 6.92 Å². The highest BCUT2D eigenvalue weighted by Gasteiger charge is 2.36. The molecule has 86 valence electrons. The van der Waals surface area contributed by atoms with Gasteiger partial charge in [0.1, 0.15) is 5.69 Å². The number of carbonyl (C=O) groups excluding carboxylic acids is 1. The van der Waals surface area contributed by atoms with Crippen LogP contribution < -0.4 is 5.32 Å². The number of carbonyl (C=O) groups is 1. The summed E-state index contributed by atoms with van der Waals surface area (Å²) in [7, 11) is 0. The number of pyridine rings is 1. The van der Waals surface area contributed by atoms with Gasteiger partial charge in [-0.2, -0.15) is 0 Å². The average molecular weight is 283 g/mol. The summed E-state index contributed by atoms with van der Waals surface area (Å²) in [5.74, 6) is -0.0611. The fraction of sp³-hybridized carbons (Fsp3) is 0.500. The van der Waals surface area contributed by atoms with Crippen LogP contribution in [0.2, 0.25) is 0 Å². The SMILES string of the molecule is CCC1(NC(=O)c2ccc(Br)cn2)CCC1. The number of hydrogen-bond donors (Lipinski definition) is 1. The van der Waals surface area contributed by atoms with E-state index in [1.165, 1.54) is 6.42 Å². The number of hydrogen-bond acceptors (Lipinski definition) is 2. The molecular weight excluding hydrogens is 268 g/mol. The second-order valence-corrected chi connectivity index (χ2v) is 5.22. The molecule has 0 aliphatic heterocycles. The number of aromatic nitrogens is 1. The van der Waals surface area contributed by atoms with E-state index in [0.717, 1.165) is 23.7 Å². The van der Waals surface area contributed by atoms with Crippen molar-refractivity contribution in [3.63, 3.8) is 0 Å². The zero-order valence-electron chi connectivity index (χ0n) is 9.29. The Balaban J connectivity index is 2.05. The van der Waals surface area contributed by atoms with Crippen molar-refractivity contribution in [3.05, 3.63) is 28.5 Å². The number of amides is 1. The van der Waals surface area contributed by atoms with E-state index in [2.05, 4.69) is 33.2 Å². The van der Waals surface area contributed by atoms with E-state index in [4.69, 9.17) is 0 Å². The molecule has 1 amide bonds. The lowest BCUT2D eigenvalue weighted by molar-refractivity contribution is 0.0815. The quantitative estimate of drug-likeness (QED) is 0.926. The normalized spacial score (nSPS) is 17.6. The lowest BCUT2D eigenvalue weighted by atomic mass is 9.75. The topological polar surface area (TPSA) is 42.0 Å². The van der Waals surface area contributed by atoms with Crippen molar-refractivity contribution in [2.24, 2.45) is 0 Å². The Bertz CT molecular complexity index is 379. The van der Waals surface area contributed by atoms with Crippen molar-refractivity contribution in [1.82, 2.24) is 10.3 Å². The van der Waals surface area contributed by atoms with E-state index in [1.807, 2.05) is 6.07 Å². The molecule has 0 saturated heterocycles. The number of nitrogens with zero attached hydrogens (tertiary/aromatic N) is 1. The summed E-state index contributed by atoms with van der Waals surface area (Å²) in [6, 6.07) is 3.57. The van der Waals surface area contributed by atoms with Gasteiger partial charge in [0.15, 0.2) is 0 Å². The maximum absolute atomic E-state index is 11.9. The van der Waals surface area contributed by atoms with Crippen molar-refractivity contribution < 1.29 is 4.79 Å². The molecule has 2 rings (SSSR count). The summed E-state index contributed by atoms with van der Waals surface area (Å²) < 4.78 is 0.887. The first-order valence-corrected chi connectivity index (χ1v) is 6.39. The summed E-state index contributed by atoms with van der Waals surface area (Å²) in [6.45, 7) is 2.12. The predicted molar refractivity (Wildman–Crippen MR) is 66.3 cm³/mol. The predicted octanol–water partition coefficient (Wildman–Crippen LogP) is 2.91. The Labute approximate surface area is 104 Å². The van der Waals surface area contributed by atoms with Crippen LogP contribution in [0.1, 0.15) is 43.1 Å². The van der Waals surface area contributed by atoms with Crippen molar-refractivity contribution in [3.8, 4) is 0 Å². The first kappa shape index (κ1) is 11.6. The van der Waals surface area contributed by atoms with Gasteiger partial charge in [-0.25, -0.2) is 4.98 Å². The molecule has 1 N–H and O–H groups in total. The number of nitrogens with one attached hydrogen (secondary N) is 1. The second-order valence-electron chi connectivity index (χ2n) is 4.30. The maximum Gasteiger partial charge on any atom is 0.270 e. The third-order valence-electron chi connectivity index (χ3n) is 3.33. The van der Waals surface area contributed by atoms with Gasteiger partial charge in [0.25, 0.3) is 5.91 Å². The molecule has 0 spiro atoms. The van der Waals surface area contributed by atoms with Crippen LogP contribution in [0.5, 0.6) is 0 Å². The van der Waals surface area contributed by atoms with Crippen LogP contribution in [0.3, 0.4) is 0 Å². The van der Waals surface area contributed by atoms with Gasteiger partial charge in [0.05, 0.1) is 0 Å². The zero-order valence-corrected chi connectivity index (χ0v) is 10.9. The fourth-order valence-corrected chi connectivity index (χ4v) is 2.22. The van der Waals surface area contributed by atoms with E-state index in [1.54, 1.807) is 12.3 Å². The molecule has 1 aromatic heterocycles. The van der Waals surface area contributed by atoms with Crippen LogP contribution >= 0.6 is 15.9 Å². The van der Waals surface area contributed by atoms with Crippen LogP contribution in [-0.2, 0) is 0 Å². The third-order valence-corrected chi connectivity index (χ3v) is 3.80. The Kier molecular flexibility index (Phi) is 3.28. The number of halogens is 1. The van der Waals surface area contributed by atoms with Crippen molar-refractivity contribution in [2.45, 2.75) is 38.1 Å². The molecule has 1 saturated carbocycles. The minimum atomic E-state index is -0.0611. The fourth-order valence-electron chi connectivity index (χ4n) is 1.99. The van der Waals surface area contributed by atoms with Crippen LogP contribution in [0.4, 0.5) is 0 Å². The van der Waals surface area contributed by atoms with Crippen molar-refractivity contribution >= 4 is 21.8 Å². The summed E-state index contributed by atoms with van der Waals surface area (Å²) in [5.41, 5.74) is 0.522. The van der Waals surface area contributed by atoms with E-state index >= 15 is 0 Å². The average Bonchev–Trinajstić information content (AvgIpc) is 2.24.